The van der Waals surface area contributed by atoms with Gasteiger partial charge in [0.15, 0.2) is 0 Å². The van der Waals surface area contributed by atoms with E-state index in [4.69, 9.17) is 0 Å². The van der Waals surface area contributed by atoms with Gasteiger partial charge in [-0.15, -0.1) is 0 Å². The van der Waals surface area contributed by atoms with E-state index in [-0.39, 0.29) is 11.9 Å². The summed E-state index contributed by atoms with van der Waals surface area (Å²) in [6.07, 6.45) is -2.85. The smallest absolute Gasteiger partial charge is 0.350 e. The molecular formula is C14H15F3N2O. The van der Waals surface area contributed by atoms with Crippen LogP contribution in [-0.4, -0.2) is 16.5 Å². The minimum absolute atomic E-state index is 0.0350. The molecule has 1 aromatic carbocycles. The molecule has 108 valence electrons. The molecule has 3 nitrogen and oxygen atoms in total. The standard InChI is InChI=1S/C14H15F3N2O/c1-8(2)18-13(20)11-7-19(3)12-6-9(14(15,16)17)4-5-10(11)12/h4-8H,1-3H3,(H,18,20). The number of carbonyl (C=O) groups is 1. The molecule has 0 saturated carbocycles. The van der Waals surface area contributed by atoms with Crippen LogP contribution in [0.1, 0.15) is 29.8 Å². The molecule has 20 heavy (non-hydrogen) atoms. The Morgan fingerprint density at radius 3 is 2.50 bits per heavy atom. The Morgan fingerprint density at radius 1 is 1.30 bits per heavy atom. The average Bonchev–Trinajstić information content (AvgIpc) is 2.64. The maximum atomic E-state index is 12.7. The van der Waals surface area contributed by atoms with Gasteiger partial charge in [-0.3, -0.25) is 4.79 Å². The number of hydrogen-bond acceptors (Lipinski definition) is 1. The highest BCUT2D eigenvalue weighted by molar-refractivity contribution is 6.07. The molecule has 0 aliphatic carbocycles. The number of nitrogens with one attached hydrogen (secondary N) is 1. The zero-order chi connectivity index (χ0) is 15.1. The van der Waals surface area contributed by atoms with Gasteiger partial charge >= 0.3 is 6.18 Å². The normalized spacial score (nSPS) is 12.2. The largest absolute Gasteiger partial charge is 0.416 e. The Kier molecular flexibility index (Phi) is 3.50. The second kappa shape index (κ2) is 4.85. The number of benzene rings is 1. The zero-order valence-corrected chi connectivity index (χ0v) is 11.4. The average molecular weight is 284 g/mol. The second-order valence-corrected chi connectivity index (χ2v) is 5.01. The first kappa shape index (κ1) is 14.4. The van der Waals surface area contributed by atoms with Crippen LogP contribution >= 0.6 is 0 Å². The molecule has 0 atom stereocenters. The number of carbonyl (C=O) groups excluding carboxylic acids is 1. The fourth-order valence-electron chi connectivity index (χ4n) is 2.08. The number of hydrogen-bond donors (Lipinski definition) is 1. The Morgan fingerprint density at radius 2 is 1.95 bits per heavy atom. The highest BCUT2D eigenvalue weighted by Gasteiger charge is 2.31. The molecule has 2 aromatic rings. The maximum Gasteiger partial charge on any atom is 0.416 e. The van der Waals surface area contributed by atoms with Crippen molar-refractivity contribution in [3.8, 4) is 0 Å². The van der Waals surface area contributed by atoms with Crippen LogP contribution in [-0.2, 0) is 13.2 Å². The van der Waals surface area contributed by atoms with Gasteiger partial charge in [-0.2, -0.15) is 13.2 Å². The van der Waals surface area contributed by atoms with Crippen molar-refractivity contribution in [3.05, 3.63) is 35.5 Å². The summed E-state index contributed by atoms with van der Waals surface area (Å²) >= 11 is 0. The van der Waals surface area contributed by atoms with Crippen LogP contribution in [0.3, 0.4) is 0 Å². The molecule has 0 aliphatic rings. The van der Waals surface area contributed by atoms with Gasteiger partial charge in [0, 0.05) is 30.2 Å². The minimum Gasteiger partial charge on any atom is -0.350 e. The summed E-state index contributed by atoms with van der Waals surface area (Å²) in [5.74, 6) is -0.287. The van der Waals surface area contributed by atoms with E-state index in [1.54, 1.807) is 13.2 Å². The Hall–Kier alpha value is -1.98. The van der Waals surface area contributed by atoms with E-state index in [0.29, 0.717) is 16.5 Å². The molecule has 0 bridgehead atoms. The SMILES string of the molecule is CC(C)NC(=O)c1cn(C)c2cc(C(F)(F)F)ccc12. The molecule has 0 aliphatic heterocycles. The van der Waals surface area contributed by atoms with Gasteiger partial charge in [0.1, 0.15) is 0 Å². The molecule has 1 N–H and O–H groups in total. The van der Waals surface area contributed by atoms with Crippen LogP contribution in [0.15, 0.2) is 24.4 Å². The van der Waals surface area contributed by atoms with Gasteiger partial charge < -0.3 is 9.88 Å². The van der Waals surface area contributed by atoms with Gasteiger partial charge in [-0.05, 0) is 26.0 Å². The summed E-state index contributed by atoms with van der Waals surface area (Å²) in [5.41, 5.74) is 0.0423. The maximum absolute atomic E-state index is 12.7. The lowest BCUT2D eigenvalue weighted by Gasteiger charge is -2.08. The molecule has 0 unspecified atom stereocenters. The van der Waals surface area contributed by atoms with Gasteiger partial charge in [-0.25, -0.2) is 0 Å². The molecule has 1 heterocycles. The van der Waals surface area contributed by atoms with Gasteiger partial charge in [0.05, 0.1) is 11.1 Å². The lowest BCUT2D eigenvalue weighted by molar-refractivity contribution is -0.137. The van der Waals surface area contributed by atoms with E-state index in [0.717, 1.165) is 12.1 Å². The first-order valence-corrected chi connectivity index (χ1v) is 6.17. The summed E-state index contributed by atoms with van der Waals surface area (Å²) in [4.78, 5) is 12.0. The van der Waals surface area contributed by atoms with Crippen molar-refractivity contribution in [1.29, 1.82) is 0 Å². The third-order valence-corrected chi connectivity index (χ3v) is 2.98. The van der Waals surface area contributed by atoms with E-state index >= 15 is 0 Å². The minimum atomic E-state index is -4.39. The first-order valence-electron chi connectivity index (χ1n) is 6.17. The van der Waals surface area contributed by atoms with E-state index in [1.807, 2.05) is 13.8 Å². The molecule has 0 fully saturated rings. The number of nitrogens with zero attached hydrogens (tertiary/aromatic N) is 1. The topological polar surface area (TPSA) is 34.0 Å². The number of halogens is 3. The number of rotatable bonds is 2. The van der Waals surface area contributed by atoms with Crippen LogP contribution in [0, 0.1) is 0 Å². The van der Waals surface area contributed by atoms with Gasteiger partial charge in [0.2, 0.25) is 0 Å². The highest BCUT2D eigenvalue weighted by Crippen LogP contribution is 2.32. The first-order chi connectivity index (χ1) is 9.20. The monoisotopic (exact) mass is 284 g/mol. The third kappa shape index (κ3) is 2.64. The van der Waals surface area contributed by atoms with Crippen LogP contribution in [0.2, 0.25) is 0 Å². The van der Waals surface area contributed by atoms with Crippen molar-refractivity contribution in [1.82, 2.24) is 9.88 Å². The van der Waals surface area contributed by atoms with Gasteiger partial charge in [0.25, 0.3) is 5.91 Å². The Labute approximate surface area is 114 Å². The van der Waals surface area contributed by atoms with Crippen molar-refractivity contribution in [2.75, 3.05) is 0 Å². The summed E-state index contributed by atoms with van der Waals surface area (Å²) in [6.45, 7) is 3.65. The molecule has 6 heteroatoms. The van der Waals surface area contributed by atoms with E-state index in [9.17, 15) is 18.0 Å². The summed E-state index contributed by atoms with van der Waals surface area (Å²) in [5, 5.41) is 3.25. The molecular weight excluding hydrogens is 269 g/mol. The summed E-state index contributed by atoms with van der Waals surface area (Å²) < 4.78 is 39.6. The molecule has 1 amide bonds. The molecule has 1 aromatic heterocycles. The number of aromatic nitrogens is 1. The Bertz CT molecular complexity index is 656. The quantitative estimate of drug-likeness (QED) is 0.901. The van der Waals surface area contributed by atoms with Crippen molar-refractivity contribution in [2.24, 2.45) is 7.05 Å². The van der Waals surface area contributed by atoms with Crippen molar-refractivity contribution >= 4 is 16.8 Å². The van der Waals surface area contributed by atoms with E-state index in [2.05, 4.69) is 5.32 Å². The fourth-order valence-corrected chi connectivity index (χ4v) is 2.08. The zero-order valence-electron chi connectivity index (χ0n) is 11.4. The lowest BCUT2D eigenvalue weighted by atomic mass is 10.1. The third-order valence-electron chi connectivity index (χ3n) is 2.98. The number of fused-ring (bicyclic) bond motifs is 1. The van der Waals surface area contributed by atoms with Crippen LogP contribution in [0.25, 0.3) is 10.9 Å². The summed E-state index contributed by atoms with van der Waals surface area (Å²) in [7, 11) is 1.62. The summed E-state index contributed by atoms with van der Waals surface area (Å²) in [6, 6.07) is 3.36. The number of aryl methyl sites for hydroxylation is 1. The number of amides is 1. The van der Waals surface area contributed by atoms with E-state index < -0.39 is 11.7 Å². The highest BCUT2D eigenvalue weighted by atomic mass is 19.4. The molecule has 0 saturated heterocycles. The number of alkyl halides is 3. The van der Waals surface area contributed by atoms with Crippen LogP contribution in [0.5, 0.6) is 0 Å². The van der Waals surface area contributed by atoms with Crippen molar-refractivity contribution in [3.63, 3.8) is 0 Å². The van der Waals surface area contributed by atoms with Crippen LogP contribution < -0.4 is 5.32 Å². The van der Waals surface area contributed by atoms with Crippen LogP contribution in [0.4, 0.5) is 13.2 Å². The van der Waals surface area contributed by atoms with Crippen molar-refractivity contribution < 1.29 is 18.0 Å². The molecule has 0 spiro atoms. The predicted octanol–water partition coefficient (Wildman–Crippen LogP) is 3.34. The Balaban J connectivity index is 2.53. The predicted molar refractivity (Wildman–Crippen MR) is 70.5 cm³/mol. The fraction of sp³-hybridized carbons (Fsp3) is 0.357. The lowest BCUT2D eigenvalue weighted by Crippen LogP contribution is -2.29. The van der Waals surface area contributed by atoms with Gasteiger partial charge in [-0.1, -0.05) is 6.07 Å². The molecule has 0 radical (unpaired) electrons. The van der Waals surface area contributed by atoms with Crippen molar-refractivity contribution in [2.45, 2.75) is 26.1 Å². The van der Waals surface area contributed by atoms with E-state index in [1.165, 1.54) is 10.6 Å². The molecule has 2 rings (SSSR count). The second-order valence-electron chi connectivity index (χ2n) is 5.01.